The molecule has 0 saturated carbocycles. The second-order valence-corrected chi connectivity index (χ2v) is 14.2. The van der Waals surface area contributed by atoms with Crippen LogP contribution in [0.4, 0.5) is 5.95 Å². The lowest BCUT2D eigenvalue weighted by molar-refractivity contribution is 0.0505. The summed E-state index contributed by atoms with van der Waals surface area (Å²) in [6, 6.07) is 15.1. The molecule has 10 nitrogen and oxygen atoms in total. The second-order valence-electron chi connectivity index (χ2n) is 12.5. The molecule has 0 radical (unpaired) electrons. The molecule has 4 bridgehead atoms. The van der Waals surface area contributed by atoms with E-state index in [1.165, 1.54) is 12.1 Å². The molecule has 11 heteroatoms. The molecule has 3 heterocycles. The van der Waals surface area contributed by atoms with E-state index in [2.05, 4.69) is 45.4 Å². The molecule has 44 heavy (non-hydrogen) atoms. The van der Waals surface area contributed by atoms with Gasteiger partial charge in [0.25, 0.3) is 15.9 Å². The van der Waals surface area contributed by atoms with Crippen molar-refractivity contribution in [2.24, 2.45) is 5.41 Å². The van der Waals surface area contributed by atoms with E-state index in [1.54, 1.807) is 23.1 Å². The predicted molar refractivity (Wildman–Crippen MR) is 169 cm³/mol. The lowest BCUT2D eigenvalue weighted by Gasteiger charge is -2.35. The Hall–Kier alpha value is -4.38. The molecular formula is C33H38N6O4S. The van der Waals surface area contributed by atoms with Crippen LogP contribution >= 0.6 is 0 Å². The molecule has 4 aromatic rings. The molecule has 1 amide bonds. The number of nitrogens with one attached hydrogen (secondary N) is 1. The summed E-state index contributed by atoms with van der Waals surface area (Å²) < 4.78 is 36.0. The molecule has 1 atom stereocenters. The Bertz CT molecular complexity index is 1790. The van der Waals surface area contributed by atoms with Crippen molar-refractivity contribution in [3.63, 3.8) is 0 Å². The van der Waals surface area contributed by atoms with Gasteiger partial charge in [-0.25, -0.2) is 28.1 Å². The number of anilines is 1. The highest BCUT2D eigenvalue weighted by Crippen LogP contribution is 2.31. The van der Waals surface area contributed by atoms with Gasteiger partial charge in [0.15, 0.2) is 0 Å². The molecule has 0 aliphatic carbocycles. The molecule has 1 aliphatic rings. The van der Waals surface area contributed by atoms with Crippen LogP contribution in [0, 0.1) is 33.1 Å². The third-order valence-electron chi connectivity index (χ3n) is 7.37. The van der Waals surface area contributed by atoms with Crippen LogP contribution in [0.15, 0.2) is 59.5 Å². The van der Waals surface area contributed by atoms with Crippen molar-refractivity contribution in [1.82, 2.24) is 24.8 Å². The van der Waals surface area contributed by atoms with Crippen LogP contribution in [-0.4, -0.2) is 51.8 Å². The van der Waals surface area contributed by atoms with Crippen LogP contribution < -0.4 is 9.46 Å². The fourth-order valence-electron chi connectivity index (χ4n) is 5.57. The van der Waals surface area contributed by atoms with E-state index in [1.807, 2.05) is 52.0 Å². The highest BCUT2D eigenvalue weighted by atomic mass is 32.2. The average Bonchev–Trinajstić information content (AvgIpc) is 2.92. The van der Waals surface area contributed by atoms with Crippen LogP contribution in [0.1, 0.15) is 65.9 Å². The van der Waals surface area contributed by atoms with E-state index in [0.29, 0.717) is 17.9 Å². The molecule has 1 N–H and O–H groups in total. The SMILES string of the molecule is Cc1cc(C)nc(CN2C(=O)c3cccc(c3)S(=O)(=O)Nc3nc(cc(-c4c(C)cccc4C)n3)OC[C@H]2CC(C)(C)C)n1. The van der Waals surface area contributed by atoms with E-state index in [4.69, 9.17) is 4.74 Å². The number of nitrogens with zero attached hydrogens (tertiary/aromatic N) is 5. The normalized spacial score (nSPS) is 16.7. The summed E-state index contributed by atoms with van der Waals surface area (Å²) in [5.41, 5.74) is 4.96. The first-order valence-electron chi connectivity index (χ1n) is 14.5. The standard InChI is InChI=1S/C33H38N6O4S/c1-20-10-8-11-21(2)30(20)27-16-29-37-32(36-27)38-44(41,42)26-13-9-12-24(15-26)31(40)39(25(19-43-29)17-33(5,6)7)18-28-34-22(3)14-23(4)35-28/h8-16,25H,17-19H2,1-7H3,(H,36,37,38)/t25-/m1/s1. The molecule has 1 aliphatic heterocycles. The maximum absolute atomic E-state index is 14.3. The minimum atomic E-state index is -4.16. The number of rotatable bonds is 4. The summed E-state index contributed by atoms with van der Waals surface area (Å²) in [6.45, 7) is 14.2. The second kappa shape index (κ2) is 12.0. The van der Waals surface area contributed by atoms with Gasteiger partial charge < -0.3 is 9.64 Å². The molecule has 0 unspecified atom stereocenters. The zero-order chi connectivity index (χ0) is 31.8. The summed E-state index contributed by atoms with van der Waals surface area (Å²) >= 11 is 0. The smallest absolute Gasteiger partial charge is 0.264 e. The van der Waals surface area contributed by atoms with Crippen molar-refractivity contribution in [3.05, 3.63) is 88.5 Å². The Kier molecular flexibility index (Phi) is 8.44. The third kappa shape index (κ3) is 7.05. The number of aromatic nitrogens is 4. The largest absolute Gasteiger partial charge is 0.475 e. The van der Waals surface area contributed by atoms with Gasteiger partial charge in [0.05, 0.1) is 23.2 Å². The lowest BCUT2D eigenvalue weighted by atomic mass is 9.87. The van der Waals surface area contributed by atoms with Crippen LogP contribution in [0.3, 0.4) is 0 Å². The maximum atomic E-state index is 14.3. The van der Waals surface area contributed by atoms with E-state index >= 15 is 0 Å². The fourth-order valence-corrected chi connectivity index (χ4v) is 6.56. The van der Waals surface area contributed by atoms with E-state index < -0.39 is 16.1 Å². The van der Waals surface area contributed by atoms with Crippen molar-refractivity contribution < 1.29 is 17.9 Å². The van der Waals surface area contributed by atoms with Gasteiger partial charge in [0.1, 0.15) is 12.4 Å². The minimum Gasteiger partial charge on any atom is -0.475 e. The molecule has 0 spiro atoms. The number of ether oxygens (including phenoxy) is 1. The van der Waals surface area contributed by atoms with Gasteiger partial charge in [-0.1, -0.05) is 45.0 Å². The number of hydrogen-bond donors (Lipinski definition) is 1. The van der Waals surface area contributed by atoms with Crippen LogP contribution in [-0.2, 0) is 16.6 Å². The number of fused-ring (bicyclic) bond motifs is 4. The Morgan fingerprint density at radius 1 is 0.909 bits per heavy atom. The lowest BCUT2D eigenvalue weighted by Crippen LogP contribution is -2.45. The number of amides is 1. The van der Waals surface area contributed by atoms with Crippen molar-refractivity contribution in [1.29, 1.82) is 0 Å². The third-order valence-corrected chi connectivity index (χ3v) is 8.70. The van der Waals surface area contributed by atoms with Gasteiger partial charge in [-0.2, -0.15) is 4.98 Å². The molecule has 2 aromatic heterocycles. The van der Waals surface area contributed by atoms with Gasteiger partial charge in [-0.05, 0) is 74.9 Å². The molecule has 0 saturated heterocycles. The zero-order valence-electron chi connectivity index (χ0n) is 26.2. The maximum Gasteiger partial charge on any atom is 0.264 e. The first-order chi connectivity index (χ1) is 20.7. The highest BCUT2D eigenvalue weighted by Gasteiger charge is 2.32. The number of carbonyl (C=O) groups excluding carboxylic acids is 1. The van der Waals surface area contributed by atoms with Gasteiger partial charge >= 0.3 is 0 Å². The monoisotopic (exact) mass is 614 g/mol. The Morgan fingerprint density at radius 2 is 1.57 bits per heavy atom. The topological polar surface area (TPSA) is 127 Å². The summed E-state index contributed by atoms with van der Waals surface area (Å²) in [5, 5.41) is 0. The van der Waals surface area contributed by atoms with Crippen LogP contribution in [0.2, 0.25) is 0 Å². The Morgan fingerprint density at radius 3 is 2.23 bits per heavy atom. The van der Waals surface area contributed by atoms with Gasteiger partial charge in [-0.3, -0.25) is 4.79 Å². The molecule has 230 valence electrons. The van der Waals surface area contributed by atoms with Crippen molar-refractivity contribution in [2.45, 2.75) is 72.4 Å². The van der Waals surface area contributed by atoms with Crippen molar-refractivity contribution in [3.8, 4) is 17.1 Å². The number of aryl methyl sites for hydroxylation is 4. The summed E-state index contributed by atoms with van der Waals surface area (Å²) in [7, 11) is -4.16. The van der Waals surface area contributed by atoms with Crippen LogP contribution in [0.5, 0.6) is 5.88 Å². The predicted octanol–water partition coefficient (Wildman–Crippen LogP) is 5.81. The van der Waals surface area contributed by atoms with Crippen LogP contribution in [0.25, 0.3) is 11.3 Å². The van der Waals surface area contributed by atoms with E-state index in [9.17, 15) is 13.2 Å². The Balaban J connectivity index is 1.69. The summed E-state index contributed by atoms with van der Waals surface area (Å²) in [5.74, 6) is 0.210. The number of sulfonamides is 1. The zero-order valence-corrected chi connectivity index (χ0v) is 27.0. The average molecular weight is 615 g/mol. The molecule has 0 fully saturated rings. The Labute approximate surface area is 259 Å². The van der Waals surface area contributed by atoms with E-state index in [0.717, 1.165) is 28.1 Å². The number of benzene rings is 2. The molecule has 2 aromatic carbocycles. The fraction of sp³-hybridized carbons (Fsp3) is 0.364. The van der Waals surface area contributed by atoms with Gasteiger partial charge in [0.2, 0.25) is 11.8 Å². The quantitative estimate of drug-likeness (QED) is 0.305. The van der Waals surface area contributed by atoms with E-state index in [-0.39, 0.29) is 46.8 Å². The minimum absolute atomic E-state index is 0.0823. The number of hydrogen-bond acceptors (Lipinski definition) is 8. The summed E-state index contributed by atoms with van der Waals surface area (Å²) in [6.07, 6.45) is 0.585. The first-order valence-corrected chi connectivity index (χ1v) is 16.0. The number of carbonyl (C=O) groups is 1. The first kappa shape index (κ1) is 31.1. The van der Waals surface area contributed by atoms with Gasteiger partial charge in [0, 0.05) is 28.6 Å². The van der Waals surface area contributed by atoms with Gasteiger partial charge in [-0.15, -0.1) is 0 Å². The van der Waals surface area contributed by atoms with Crippen molar-refractivity contribution in [2.75, 3.05) is 11.3 Å². The molecular weight excluding hydrogens is 576 g/mol. The highest BCUT2D eigenvalue weighted by molar-refractivity contribution is 7.92. The summed E-state index contributed by atoms with van der Waals surface area (Å²) in [4.78, 5) is 34.1. The van der Waals surface area contributed by atoms with Crippen molar-refractivity contribution >= 4 is 21.9 Å². The molecule has 5 rings (SSSR count).